The van der Waals surface area contributed by atoms with Crippen molar-refractivity contribution in [1.82, 2.24) is 9.37 Å². The van der Waals surface area contributed by atoms with Crippen LogP contribution in [0.25, 0.3) is 0 Å². The van der Waals surface area contributed by atoms with Gasteiger partial charge in [-0.2, -0.15) is 9.37 Å². The number of hydroxylamine groups is 2. The van der Waals surface area contributed by atoms with Crippen LogP contribution >= 0.6 is 0 Å². The number of benzene rings is 4. The molecule has 0 saturated carbocycles. The molecule has 1 amide bonds. The van der Waals surface area contributed by atoms with Gasteiger partial charge < -0.3 is 19.3 Å². The van der Waals surface area contributed by atoms with Crippen molar-refractivity contribution in [2.24, 2.45) is 5.92 Å². The molecule has 4 aromatic carbocycles. The van der Waals surface area contributed by atoms with Crippen molar-refractivity contribution in [3.63, 3.8) is 0 Å². The Bertz CT molecular complexity index is 1990. The number of carboxylic acid groups (broad SMARTS) is 1. The Kier molecular flexibility index (Phi) is 11.7. The molecule has 1 aliphatic rings. The summed E-state index contributed by atoms with van der Waals surface area (Å²) in [7, 11) is -7.55. The second kappa shape index (κ2) is 15.9. The summed E-state index contributed by atoms with van der Waals surface area (Å²) in [6.45, 7) is 4.00. The second-order valence-electron chi connectivity index (χ2n) is 12.3. The molecule has 1 heterocycles. The first-order valence-electron chi connectivity index (χ1n) is 16.0. The van der Waals surface area contributed by atoms with Crippen LogP contribution in [0.4, 0.5) is 4.79 Å². The van der Waals surface area contributed by atoms with Gasteiger partial charge in [-0.3, -0.25) is 5.21 Å². The number of amides is 1. The molecule has 4 aromatic rings. The molecule has 2 N–H and O–H groups in total. The van der Waals surface area contributed by atoms with Gasteiger partial charge in [0.2, 0.25) is 16.8 Å². The van der Waals surface area contributed by atoms with Crippen molar-refractivity contribution in [2.75, 3.05) is 19.9 Å². The molecule has 0 aliphatic carbocycles. The van der Waals surface area contributed by atoms with Gasteiger partial charge in [-0.15, -0.1) is 0 Å². The van der Waals surface area contributed by atoms with Gasteiger partial charge in [-0.05, 0) is 71.8 Å². The molecular formula is C36H40N2O10S2. The molecule has 266 valence electrons. The van der Waals surface area contributed by atoms with Gasteiger partial charge >= 0.3 is 6.09 Å². The minimum atomic E-state index is -3.99. The molecule has 0 radical (unpaired) electrons. The number of hydrogen-bond acceptors (Lipinski definition) is 9. The first-order chi connectivity index (χ1) is 23.8. The zero-order valence-electron chi connectivity index (χ0n) is 27.7. The number of rotatable bonds is 16. The molecule has 14 heteroatoms. The molecule has 1 atom stereocenters. The standard InChI is InChI=1S/C36H40N2O10S2/c1-26(2)22-37(50(44,45)33-16-17-34-35(21-33)48-25-47-34)19-18-30(38(41)36(39)40)20-27-12-14-31(15-13-27)46-23-28-8-6-7-9-29(28)24-49(42,43)32-10-4-3-5-11-32/h3-17,21,26,30,41H,18-20,22-25H2,1-2H3,(H,39,40). The lowest BCUT2D eigenvalue weighted by molar-refractivity contribution is -0.0984. The molecule has 1 unspecified atom stereocenters. The van der Waals surface area contributed by atoms with Crippen LogP contribution < -0.4 is 14.2 Å². The van der Waals surface area contributed by atoms with E-state index in [0.29, 0.717) is 28.4 Å². The fourth-order valence-electron chi connectivity index (χ4n) is 5.57. The number of carbonyl (C=O) groups is 1. The molecule has 0 fully saturated rings. The van der Waals surface area contributed by atoms with E-state index in [-0.39, 0.29) is 65.9 Å². The number of fused-ring (bicyclic) bond motifs is 1. The van der Waals surface area contributed by atoms with Crippen molar-refractivity contribution in [2.45, 2.75) is 54.9 Å². The lowest BCUT2D eigenvalue weighted by Gasteiger charge is -2.28. The van der Waals surface area contributed by atoms with Gasteiger partial charge in [-0.1, -0.05) is 68.4 Å². The van der Waals surface area contributed by atoms with E-state index in [4.69, 9.17) is 14.2 Å². The zero-order valence-corrected chi connectivity index (χ0v) is 29.3. The fraction of sp³-hybridized carbons (Fsp3) is 0.306. The van der Waals surface area contributed by atoms with Gasteiger partial charge in [0.05, 0.1) is 21.6 Å². The third-order valence-corrected chi connectivity index (χ3v) is 11.7. The number of sulfonamides is 1. The average molecular weight is 725 g/mol. The van der Waals surface area contributed by atoms with Gasteiger partial charge in [0.25, 0.3) is 0 Å². The van der Waals surface area contributed by atoms with E-state index in [2.05, 4.69) is 0 Å². The molecule has 50 heavy (non-hydrogen) atoms. The van der Waals surface area contributed by atoms with E-state index in [1.165, 1.54) is 22.5 Å². The summed E-state index contributed by atoms with van der Waals surface area (Å²) in [5, 5.41) is 20.3. The predicted octanol–water partition coefficient (Wildman–Crippen LogP) is 5.99. The summed E-state index contributed by atoms with van der Waals surface area (Å²) in [6.07, 6.45) is -1.44. The van der Waals surface area contributed by atoms with Crippen LogP contribution in [-0.2, 0) is 38.6 Å². The number of sulfone groups is 1. The normalized spacial score (nSPS) is 13.4. The number of nitrogens with zero attached hydrogens (tertiary/aromatic N) is 2. The van der Waals surface area contributed by atoms with Gasteiger partial charge in [0, 0.05) is 19.2 Å². The van der Waals surface area contributed by atoms with Crippen molar-refractivity contribution >= 4 is 26.0 Å². The number of ether oxygens (including phenoxy) is 3. The summed E-state index contributed by atoms with van der Waals surface area (Å²) in [5.41, 5.74) is 2.03. The SMILES string of the molecule is CC(C)CN(CCC(Cc1ccc(OCc2ccccc2CS(=O)(=O)c2ccccc2)cc1)N(O)C(=O)O)S(=O)(=O)c1ccc2c(c1)OCO2. The van der Waals surface area contributed by atoms with E-state index in [1.807, 2.05) is 26.0 Å². The lowest BCUT2D eigenvalue weighted by Crippen LogP contribution is -2.42. The molecule has 0 aromatic heterocycles. The van der Waals surface area contributed by atoms with Crippen LogP contribution in [0.1, 0.15) is 37.0 Å². The predicted molar refractivity (Wildman–Crippen MR) is 184 cm³/mol. The fourth-order valence-corrected chi connectivity index (χ4v) is 8.64. The van der Waals surface area contributed by atoms with Crippen molar-refractivity contribution in [1.29, 1.82) is 0 Å². The lowest BCUT2D eigenvalue weighted by atomic mass is 10.0. The Morgan fingerprint density at radius 3 is 2.18 bits per heavy atom. The molecule has 0 spiro atoms. The Labute approximate surface area is 292 Å². The Hall–Kier alpha value is -4.63. The summed E-state index contributed by atoms with van der Waals surface area (Å²) in [5.74, 6) is 1.07. The first kappa shape index (κ1) is 36.6. The Balaban J connectivity index is 1.25. The van der Waals surface area contributed by atoms with Crippen LogP contribution in [0.2, 0.25) is 0 Å². The molecule has 5 rings (SSSR count). The largest absolute Gasteiger partial charge is 0.489 e. The van der Waals surface area contributed by atoms with E-state index in [1.54, 1.807) is 66.7 Å². The third-order valence-electron chi connectivity index (χ3n) is 8.16. The highest BCUT2D eigenvalue weighted by Crippen LogP contribution is 2.35. The van der Waals surface area contributed by atoms with Gasteiger partial charge in [-0.25, -0.2) is 21.6 Å². The van der Waals surface area contributed by atoms with Crippen LogP contribution in [0.5, 0.6) is 17.2 Å². The summed E-state index contributed by atoms with van der Waals surface area (Å²) < 4.78 is 71.3. The molecule has 0 bridgehead atoms. The van der Waals surface area contributed by atoms with E-state index >= 15 is 0 Å². The highest BCUT2D eigenvalue weighted by Gasteiger charge is 2.30. The molecule has 0 saturated heterocycles. The Morgan fingerprint density at radius 2 is 1.50 bits per heavy atom. The van der Waals surface area contributed by atoms with Gasteiger partial charge in [0.1, 0.15) is 12.4 Å². The maximum absolute atomic E-state index is 13.7. The highest BCUT2D eigenvalue weighted by atomic mass is 32.2. The third kappa shape index (κ3) is 9.13. The minimum absolute atomic E-state index is 0.000419. The monoisotopic (exact) mass is 724 g/mol. The average Bonchev–Trinajstić information content (AvgIpc) is 3.58. The maximum Gasteiger partial charge on any atom is 0.431 e. The van der Waals surface area contributed by atoms with E-state index < -0.39 is 32.0 Å². The molecule has 12 nitrogen and oxygen atoms in total. The summed E-state index contributed by atoms with van der Waals surface area (Å²) in [4.78, 5) is 12.1. The smallest absolute Gasteiger partial charge is 0.431 e. The van der Waals surface area contributed by atoms with Crippen molar-refractivity contribution < 1.29 is 46.2 Å². The van der Waals surface area contributed by atoms with Crippen LogP contribution in [0, 0.1) is 5.92 Å². The first-order valence-corrected chi connectivity index (χ1v) is 19.1. The maximum atomic E-state index is 13.7. The highest BCUT2D eigenvalue weighted by molar-refractivity contribution is 7.90. The molecule has 1 aliphatic heterocycles. The molecular weight excluding hydrogens is 685 g/mol. The zero-order chi connectivity index (χ0) is 35.9. The van der Waals surface area contributed by atoms with Crippen LogP contribution in [0.3, 0.4) is 0 Å². The second-order valence-corrected chi connectivity index (χ2v) is 16.2. The minimum Gasteiger partial charge on any atom is -0.489 e. The summed E-state index contributed by atoms with van der Waals surface area (Å²) in [6, 6.07) is 25.7. The van der Waals surface area contributed by atoms with Gasteiger partial charge in [0.15, 0.2) is 21.3 Å². The summed E-state index contributed by atoms with van der Waals surface area (Å²) >= 11 is 0. The quantitative estimate of drug-likeness (QED) is 0.104. The van der Waals surface area contributed by atoms with Crippen molar-refractivity contribution in [3.8, 4) is 17.2 Å². The van der Waals surface area contributed by atoms with Crippen LogP contribution in [-0.4, -0.2) is 68.5 Å². The number of hydrogen-bond donors (Lipinski definition) is 2. The topological polar surface area (TPSA) is 160 Å². The van der Waals surface area contributed by atoms with E-state index in [0.717, 1.165) is 5.56 Å². The van der Waals surface area contributed by atoms with Crippen molar-refractivity contribution in [3.05, 3.63) is 114 Å². The van der Waals surface area contributed by atoms with Crippen LogP contribution in [0.15, 0.2) is 107 Å². The van der Waals surface area contributed by atoms with E-state index in [9.17, 15) is 31.9 Å². The Morgan fingerprint density at radius 1 is 0.840 bits per heavy atom.